The van der Waals surface area contributed by atoms with Crippen LogP contribution in [0.25, 0.3) is 0 Å². The van der Waals surface area contributed by atoms with Crippen molar-refractivity contribution in [3.8, 4) is 11.5 Å². The van der Waals surface area contributed by atoms with Gasteiger partial charge < -0.3 is 30.2 Å². The summed E-state index contributed by atoms with van der Waals surface area (Å²) in [6.45, 7) is 1.66. The molecule has 8 heteroatoms. The topological polar surface area (TPSA) is 138 Å². The molecule has 2 rings (SSSR count). The Bertz CT molecular complexity index is 782. The third-order valence-corrected chi connectivity index (χ3v) is 4.87. The average Bonchev–Trinajstić information content (AvgIpc) is 2.46. The number of hydrogen-bond acceptors (Lipinski definition) is 5. The summed E-state index contributed by atoms with van der Waals surface area (Å²) in [6.07, 6.45) is 0.201. The molecule has 0 saturated carbocycles. The maximum absolute atomic E-state index is 11.7. The van der Waals surface area contributed by atoms with Gasteiger partial charge in [0.15, 0.2) is 5.79 Å². The molecule has 0 aliphatic heterocycles. The van der Waals surface area contributed by atoms with Gasteiger partial charge in [0.05, 0.1) is 5.30 Å². The summed E-state index contributed by atoms with van der Waals surface area (Å²) in [5, 5.41) is 40.0. The molecule has 0 amide bonds. The lowest BCUT2D eigenvalue weighted by Crippen LogP contribution is -2.37. The SMILES string of the molecule is CCC(c1cccc(O)c1)C(O)(O)c1cc(O)ccc1P(=O)(O)O. The normalized spacial score (nSPS) is 13.7. The zero-order valence-corrected chi connectivity index (χ0v) is 13.8. The Hall–Kier alpha value is -1.89. The Morgan fingerprint density at radius 3 is 2.21 bits per heavy atom. The maximum atomic E-state index is 11.7. The highest BCUT2D eigenvalue weighted by Crippen LogP contribution is 2.43. The molecule has 24 heavy (non-hydrogen) atoms. The van der Waals surface area contributed by atoms with Crippen molar-refractivity contribution in [3.05, 3.63) is 53.6 Å². The highest BCUT2D eigenvalue weighted by atomic mass is 31.2. The first kappa shape index (κ1) is 18.4. The first-order chi connectivity index (χ1) is 11.1. The Morgan fingerprint density at radius 2 is 1.67 bits per heavy atom. The molecule has 1 atom stereocenters. The van der Waals surface area contributed by atoms with Crippen LogP contribution in [-0.4, -0.2) is 30.2 Å². The smallest absolute Gasteiger partial charge is 0.356 e. The molecule has 0 aromatic heterocycles. The van der Waals surface area contributed by atoms with Crippen molar-refractivity contribution < 1.29 is 34.8 Å². The van der Waals surface area contributed by atoms with E-state index in [-0.39, 0.29) is 17.9 Å². The van der Waals surface area contributed by atoms with Crippen LogP contribution in [-0.2, 0) is 10.4 Å². The molecule has 0 aliphatic carbocycles. The summed E-state index contributed by atoms with van der Waals surface area (Å²) >= 11 is 0. The van der Waals surface area contributed by atoms with Crippen LogP contribution < -0.4 is 5.30 Å². The Kier molecular flexibility index (Phi) is 5.03. The molecule has 2 aromatic rings. The van der Waals surface area contributed by atoms with Gasteiger partial charge in [0.2, 0.25) is 0 Å². The summed E-state index contributed by atoms with van der Waals surface area (Å²) in [4.78, 5) is 18.9. The van der Waals surface area contributed by atoms with Crippen LogP contribution in [0.15, 0.2) is 42.5 Å². The van der Waals surface area contributed by atoms with E-state index < -0.39 is 30.2 Å². The lowest BCUT2D eigenvalue weighted by molar-refractivity contribution is -0.188. The minimum absolute atomic E-state index is 0.0760. The summed E-state index contributed by atoms with van der Waals surface area (Å²) in [6, 6.07) is 8.78. The van der Waals surface area contributed by atoms with E-state index in [1.165, 1.54) is 18.2 Å². The van der Waals surface area contributed by atoms with Crippen LogP contribution in [0.3, 0.4) is 0 Å². The van der Waals surface area contributed by atoms with Crippen molar-refractivity contribution >= 4 is 12.9 Å². The van der Waals surface area contributed by atoms with Gasteiger partial charge in [-0.25, -0.2) is 0 Å². The van der Waals surface area contributed by atoms with Gasteiger partial charge in [0.1, 0.15) is 11.5 Å². The molecule has 2 aromatic carbocycles. The first-order valence-corrected chi connectivity index (χ1v) is 8.82. The number of benzene rings is 2. The number of aliphatic hydroxyl groups is 2. The molecule has 0 radical (unpaired) electrons. The van der Waals surface area contributed by atoms with Gasteiger partial charge in [-0.1, -0.05) is 19.1 Å². The quantitative estimate of drug-likeness (QED) is 0.351. The molecule has 0 saturated heterocycles. The average molecular weight is 354 g/mol. The van der Waals surface area contributed by atoms with Crippen LogP contribution in [0.5, 0.6) is 11.5 Å². The molecular weight excluding hydrogens is 335 g/mol. The van der Waals surface area contributed by atoms with Crippen molar-refractivity contribution in [1.29, 1.82) is 0 Å². The van der Waals surface area contributed by atoms with Gasteiger partial charge in [-0.15, -0.1) is 0 Å². The minimum Gasteiger partial charge on any atom is -0.508 e. The molecule has 7 nitrogen and oxygen atoms in total. The number of phenols is 2. The Morgan fingerprint density at radius 1 is 1.04 bits per heavy atom. The van der Waals surface area contributed by atoms with Crippen molar-refractivity contribution in [2.24, 2.45) is 0 Å². The second-order valence-corrected chi connectivity index (χ2v) is 7.10. The molecule has 0 spiro atoms. The van der Waals surface area contributed by atoms with Crippen LogP contribution in [0.1, 0.15) is 30.4 Å². The van der Waals surface area contributed by atoms with Gasteiger partial charge >= 0.3 is 7.60 Å². The van der Waals surface area contributed by atoms with Crippen LogP contribution >= 0.6 is 7.60 Å². The molecule has 130 valence electrons. The van der Waals surface area contributed by atoms with Gasteiger partial charge in [-0.05, 0) is 42.3 Å². The predicted molar refractivity (Wildman–Crippen MR) is 87.0 cm³/mol. The maximum Gasteiger partial charge on any atom is 0.356 e. The number of rotatable bonds is 5. The van der Waals surface area contributed by atoms with E-state index in [9.17, 15) is 34.8 Å². The molecule has 1 unspecified atom stereocenters. The van der Waals surface area contributed by atoms with Crippen LogP contribution in [0, 0.1) is 0 Å². The van der Waals surface area contributed by atoms with Gasteiger partial charge in [-0.3, -0.25) is 4.57 Å². The summed E-state index contributed by atoms with van der Waals surface area (Å²) in [5.41, 5.74) is -0.103. The van der Waals surface area contributed by atoms with Gasteiger partial charge in [0, 0.05) is 11.5 Å². The second-order valence-electron chi connectivity index (χ2n) is 5.53. The zero-order valence-electron chi connectivity index (χ0n) is 12.9. The highest BCUT2D eigenvalue weighted by molar-refractivity contribution is 7.60. The monoisotopic (exact) mass is 354 g/mol. The fourth-order valence-corrected chi connectivity index (χ4v) is 3.57. The lowest BCUT2D eigenvalue weighted by Gasteiger charge is -2.33. The fraction of sp³-hybridized carbons (Fsp3) is 0.250. The number of aromatic hydroxyl groups is 2. The summed E-state index contributed by atoms with van der Waals surface area (Å²) in [7, 11) is -4.80. The fourth-order valence-electron chi connectivity index (χ4n) is 2.75. The molecular formula is C16H19O7P. The first-order valence-electron chi connectivity index (χ1n) is 7.20. The third-order valence-electron chi connectivity index (χ3n) is 3.86. The standard InChI is InChI=1S/C16H19O7P/c1-2-13(10-4-3-5-11(17)8-10)16(19,20)14-9-12(18)6-7-15(14)24(21,22)23/h3-9,13,17-20H,2H2,1H3,(H2,21,22,23). The Labute approximate surface area is 138 Å². The largest absolute Gasteiger partial charge is 0.508 e. The van der Waals surface area contributed by atoms with Crippen LogP contribution in [0.2, 0.25) is 0 Å². The second kappa shape index (κ2) is 6.55. The van der Waals surface area contributed by atoms with Crippen molar-refractivity contribution in [2.75, 3.05) is 0 Å². The predicted octanol–water partition coefficient (Wildman–Crippen LogP) is 1.23. The Balaban J connectivity index is 2.64. The highest BCUT2D eigenvalue weighted by Gasteiger charge is 2.41. The van der Waals surface area contributed by atoms with Gasteiger partial charge in [0.25, 0.3) is 0 Å². The molecule has 0 heterocycles. The van der Waals surface area contributed by atoms with E-state index in [0.29, 0.717) is 5.56 Å². The van der Waals surface area contributed by atoms with E-state index in [2.05, 4.69) is 0 Å². The van der Waals surface area contributed by atoms with E-state index in [0.717, 1.165) is 18.2 Å². The summed E-state index contributed by atoms with van der Waals surface area (Å²) < 4.78 is 11.7. The molecule has 0 bridgehead atoms. The van der Waals surface area contributed by atoms with E-state index in [1.807, 2.05) is 0 Å². The van der Waals surface area contributed by atoms with Gasteiger partial charge in [-0.2, -0.15) is 0 Å². The van der Waals surface area contributed by atoms with E-state index >= 15 is 0 Å². The number of phenolic OH excluding ortho intramolecular Hbond substituents is 2. The molecule has 0 aliphatic rings. The van der Waals surface area contributed by atoms with Crippen molar-refractivity contribution in [3.63, 3.8) is 0 Å². The van der Waals surface area contributed by atoms with E-state index in [1.54, 1.807) is 13.0 Å². The van der Waals surface area contributed by atoms with E-state index in [4.69, 9.17) is 0 Å². The summed E-state index contributed by atoms with van der Waals surface area (Å²) in [5.74, 6) is -4.09. The minimum atomic E-state index is -4.80. The molecule has 0 fully saturated rings. The van der Waals surface area contributed by atoms with Crippen molar-refractivity contribution in [1.82, 2.24) is 0 Å². The number of hydrogen-bond donors (Lipinski definition) is 6. The lowest BCUT2D eigenvalue weighted by atomic mass is 9.84. The molecule has 6 N–H and O–H groups in total. The van der Waals surface area contributed by atoms with Crippen molar-refractivity contribution in [2.45, 2.75) is 25.0 Å². The third kappa shape index (κ3) is 3.61. The van der Waals surface area contributed by atoms with Crippen LogP contribution in [0.4, 0.5) is 0 Å². The zero-order chi connectivity index (χ0) is 18.1.